The van der Waals surface area contributed by atoms with Crippen LogP contribution in [0.4, 0.5) is 11.4 Å². The van der Waals surface area contributed by atoms with E-state index in [1.54, 1.807) is 0 Å². The second-order valence-electron chi connectivity index (χ2n) is 8.36. The SMILES string of the molecule is OC1CCCCC1Nc1ccc(Oc2ccc(NC3CCCCC3O)cc2)cc1. The Bertz CT molecular complexity index is 697. The van der Waals surface area contributed by atoms with Crippen LogP contribution < -0.4 is 15.4 Å². The maximum Gasteiger partial charge on any atom is 0.127 e. The van der Waals surface area contributed by atoms with Gasteiger partial charge in [0.25, 0.3) is 0 Å². The van der Waals surface area contributed by atoms with Gasteiger partial charge in [0, 0.05) is 11.4 Å². The molecule has 2 aromatic carbocycles. The summed E-state index contributed by atoms with van der Waals surface area (Å²) in [6, 6.07) is 16.0. The summed E-state index contributed by atoms with van der Waals surface area (Å²) >= 11 is 0. The number of ether oxygens (including phenoxy) is 1. The van der Waals surface area contributed by atoms with Crippen LogP contribution in [-0.4, -0.2) is 34.5 Å². The molecule has 0 bridgehead atoms. The summed E-state index contributed by atoms with van der Waals surface area (Å²) in [6.45, 7) is 0. The van der Waals surface area contributed by atoms with Crippen LogP contribution >= 0.6 is 0 Å². The third kappa shape index (κ3) is 5.43. The Morgan fingerprint density at radius 3 is 1.34 bits per heavy atom. The van der Waals surface area contributed by atoms with Gasteiger partial charge in [0.1, 0.15) is 11.5 Å². The molecule has 2 fully saturated rings. The van der Waals surface area contributed by atoms with Crippen molar-refractivity contribution in [2.75, 3.05) is 10.6 Å². The first kappa shape index (κ1) is 20.0. The van der Waals surface area contributed by atoms with E-state index in [0.29, 0.717) is 0 Å². The number of aliphatic hydroxyl groups excluding tert-OH is 2. The number of hydrogen-bond acceptors (Lipinski definition) is 5. The van der Waals surface area contributed by atoms with Gasteiger partial charge in [0.05, 0.1) is 24.3 Å². The Balaban J connectivity index is 1.30. The van der Waals surface area contributed by atoms with Gasteiger partial charge in [0.15, 0.2) is 0 Å². The van der Waals surface area contributed by atoms with E-state index >= 15 is 0 Å². The van der Waals surface area contributed by atoms with E-state index in [1.807, 2.05) is 48.5 Å². The summed E-state index contributed by atoms with van der Waals surface area (Å²) < 4.78 is 5.96. The molecular formula is C24H32N2O3. The molecule has 4 rings (SSSR count). The Hall–Kier alpha value is -2.24. The number of aliphatic hydroxyl groups is 2. The summed E-state index contributed by atoms with van der Waals surface area (Å²) in [5.74, 6) is 1.56. The molecule has 0 saturated heterocycles. The molecule has 0 aromatic heterocycles. The molecule has 2 aromatic rings. The lowest BCUT2D eigenvalue weighted by Crippen LogP contribution is -2.36. The van der Waals surface area contributed by atoms with Crippen molar-refractivity contribution in [1.82, 2.24) is 0 Å². The van der Waals surface area contributed by atoms with Crippen molar-refractivity contribution in [3.8, 4) is 11.5 Å². The van der Waals surface area contributed by atoms with Crippen LogP contribution in [0.15, 0.2) is 48.5 Å². The molecule has 29 heavy (non-hydrogen) atoms. The van der Waals surface area contributed by atoms with Gasteiger partial charge in [-0.25, -0.2) is 0 Å². The molecule has 156 valence electrons. The van der Waals surface area contributed by atoms with Crippen LogP contribution in [0.5, 0.6) is 11.5 Å². The quantitative estimate of drug-likeness (QED) is 0.558. The van der Waals surface area contributed by atoms with Gasteiger partial charge >= 0.3 is 0 Å². The molecule has 0 radical (unpaired) electrons. The van der Waals surface area contributed by atoms with Gasteiger partial charge < -0.3 is 25.6 Å². The highest BCUT2D eigenvalue weighted by atomic mass is 16.5. The molecule has 4 unspecified atom stereocenters. The number of hydrogen-bond donors (Lipinski definition) is 4. The third-order valence-electron chi connectivity index (χ3n) is 6.11. The number of benzene rings is 2. The highest BCUT2D eigenvalue weighted by Gasteiger charge is 2.23. The van der Waals surface area contributed by atoms with Crippen LogP contribution in [0.1, 0.15) is 51.4 Å². The van der Waals surface area contributed by atoms with E-state index in [2.05, 4.69) is 10.6 Å². The molecule has 0 heterocycles. The molecule has 0 spiro atoms. The first-order chi connectivity index (χ1) is 14.2. The standard InChI is InChI=1S/C24H32N2O3/c27-23-7-3-1-5-21(23)25-17-9-13-19(14-10-17)29-20-15-11-18(12-16-20)26-22-6-2-4-8-24(22)28/h9-16,21-28H,1-8H2. The molecule has 2 aliphatic carbocycles. The van der Waals surface area contributed by atoms with Crippen LogP contribution in [-0.2, 0) is 0 Å². The monoisotopic (exact) mass is 396 g/mol. The fraction of sp³-hybridized carbons (Fsp3) is 0.500. The maximum absolute atomic E-state index is 10.1. The second kappa shape index (κ2) is 9.51. The normalized spacial score (nSPS) is 27.2. The van der Waals surface area contributed by atoms with Gasteiger partial charge in [0.2, 0.25) is 0 Å². The lowest BCUT2D eigenvalue weighted by Gasteiger charge is -2.29. The van der Waals surface area contributed by atoms with E-state index in [9.17, 15) is 10.2 Å². The zero-order chi connectivity index (χ0) is 20.1. The summed E-state index contributed by atoms with van der Waals surface area (Å²) in [5, 5.41) is 27.1. The van der Waals surface area contributed by atoms with E-state index in [0.717, 1.165) is 61.4 Å². The molecule has 5 heteroatoms. The largest absolute Gasteiger partial charge is 0.457 e. The predicted molar refractivity (Wildman–Crippen MR) is 117 cm³/mol. The highest BCUT2D eigenvalue weighted by molar-refractivity contribution is 5.50. The summed E-state index contributed by atoms with van der Waals surface area (Å²) in [7, 11) is 0. The maximum atomic E-state index is 10.1. The van der Waals surface area contributed by atoms with Gasteiger partial charge in [-0.05, 0) is 74.2 Å². The topological polar surface area (TPSA) is 73.8 Å². The molecular weight excluding hydrogens is 364 g/mol. The van der Waals surface area contributed by atoms with Crippen LogP contribution in [0, 0.1) is 0 Å². The van der Waals surface area contributed by atoms with Gasteiger partial charge in [-0.2, -0.15) is 0 Å². The Labute approximate surface area is 173 Å². The average Bonchev–Trinajstić information content (AvgIpc) is 2.74. The van der Waals surface area contributed by atoms with E-state index in [4.69, 9.17) is 4.74 Å². The van der Waals surface area contributed by atoms with E-state index < -0.39 is 0 Å². The Morgan fingerprint density at radius 2 is 0.966 bits per heavy atom. The van der Waals surface area contributed by atoms with Crippen molar-refractivity contribution in [3.63, 3.8) is 0 Å². The first-order valence-corrected chi connectivity index (χ1v) is 10.9. The summed E-state index contributed by atoms with van der Waals surface area (Å²) in [5.41, 5.74) is 2.02. The third-order valence-corrected chi connectivity index (χ3v) is 6.11. The lowest BCUT2D eigenvalue weighted by molar-refractivity contribution is 0.116. The zero-order valence-corrected chi connectivity index (χ0v) is 16.9. The van der Waals surface area contributed by atoms with Crippen LogP contribution in [0.25, 0.3) is 0 Å². The molecule has 0 amide bonds. The average molecular weight is 397 g/mol. The minimum Gasteiger partial charge on any atom is -0.457 e. The number of anilines is 2. The zero-order valence-electron chi connectivity index (χ0n) is 16.9. The van der Waals surface area contributed by atoms with Crippen LogP contribution in [0.3, 0.4) is 0 Å². The van der Waals surface area contributed by atoms with Gasteiger partial charge in [-0.15, -0.1) is 0 Å². The van der Waals surface area contributed by atoms with Crippen molar-refractivity contribution in [1.29, 1.82) is 0 Å². The molecule has 4 atom stereocenters. The smallest absolute Gasteiger partial charge is 0.127 e. The van der Waals surface area contributed by atoms with Gasteiger partial charge in [-0.3, -0.25) is 0 Å². The van der Waals surface area contributed by atoms with Crippen molar-refractivity contribution in [3.05, 3.63) is 48.5 Å². The van der Waals surface area contributed by atoms with Gasteiger partial charge in [-0.1, -0.05) is 25.7 Å². The van der Waals surface area contributed by atoms with Crippen LogP contribution in [0.2, 0.25) is 0 Å². The summed E-state index contributed by atoms with van der Waals surface area (Å²) in [4.78, 5) is 0. The minimum absolute atomic E-state index is 0.137. The fourth-order valence-corrected chi connectivity index (χ4v) is 4.36. The number of rotatable bonds is 6. The molecule has 2 saturated carbocycles. The molecule has 0 aliphatic heterocycles. The Kier molecular flexibility index (Phi) is 6.57. The first-order valence-electron chi connectivity index (χ1n) is 10.9. The van der Waals surface area contributed by atoms with Crippen molar-refractivity contribution < 1.29 is 14.9 Å². The fourth-order valence-electron chi connectivity index (χ4n) is 4.36. The van der Waals surface area contributed by atoms with E-state index in [1.165, 1.54) is 12.8 Å². The van der Waals surface area contributed by atoms with Crippen molar-refractivity contribution in [2.24, 2.45) is 0 Å². The summed E-state index contributed by atoms with van der Waals surface area (Å²) in [6.07, 6.45) is 7.81. The number of nitrogens with one attached hydrogen (secondary N) is 2. The highest BCUT2D eigenvalue weighted by Crippen LogP contribution is 2.28. The Morgan fingerprint density at radius 1 is 0.586 bits per heavy atom. The van der Waals surface area contributed by atoms with E-state index in [-0.39, 0.29) is 24.3 Å². The molecule has 2 aliphatic rings. The van der Waals surface area contributed by atoms with Crippen molar-refractivity contribution in [2.45, 2.75) is 75.7 Å². The lowest BCUT2D eigenvalue weighted by atomic mass is 9.92. The van der Waals surface area contributed by atoms with Crippen molar-refractivity contribution >= 4 is 11.4 Å². The molecule has 5 nitrogen and oxygen atoms in total. The second-order valence-corrected chi connectivity index (χ2v) is 8.36. The molecule has 4 N–H and O–H groups in total. The predicted octanol–water partition coefficient (Wildman–Crippen LogP) is 4.91. The minimum atomic E-state index is -0.262.